The molecular formula is C25H20ClFN2O4. The molecule has 6 nitrogen and oxygen atoms in total. The first kappa shape index (κ1) is 22.5. The Morgan fingerprint density at radius 3 is 2.67 bits per heavy atom. The molecule has 33 heavy (non-hydrogen) atoms. The molecule has 0 spiro atoms. The number of aliphatic carboxylic acids is 1. The second-order valence-electron chi connectivity index (χ2n) is 7.92. The number of carbonyl (C=O) groups excluding carboxylic acids is 1. The third kappa shape index (κ3) is 3.96. The molecule has 2 aromatic carbocycles. The molecule has 1 N–H and O–H groups in total. The lowest BCUT2D eigenvalue weighted by Gasteiger charge is -2.11. The number of benzene rings is 2. The fraction of sp³-hybridized carbons (Fsp3) is 0.160. The van der Waals surface area contributed by atoms with E-state index in [0.29, 0.717) is 33.4 Å². The molecule has 0 unspecified atom stereocenters. The van der Waals surface area contributed by atoms with E-state index in [-0.39, 0.29) is 22.2 Å². The number of fused-ring (bicyclic) bond motifs is 1. The van der Waals surface area contributed by atoms with Crippen LogP contribution in [0.4, 0.5) is 4.39 Å². The van der Waals surface area contributed by atoms with Crippen molar-refractivity contribution < 1.29 is 23.6 Å². The van der Waals surface area contributed by atoms with Crippen molar-refractivity contribution in [3.05, 3.63) is 82.0 Å². The van der Waals surface area contributed by atoms with Crippen LogP contribution in [0.1, 0.15) is 47.0 Å². The number of carboxylic acids is 1. The number of halogens is 2. The molecule has 0 bridgehead atoms. The Kier molecular flexibility index (Phi) is 5.91. The number of carboxylic acid groups (broad SMARTS) is 1. The minimum atomic E-state index is -1.07. The Balaban J connectivity index is 1.93. The van der Waals surface area contributed by atoms with Gasteiger partial charge in [0.05, 0.1) is 10.5 Å². The number of rotatable bonds is 5. The molecule has 8 heteroatoms. The average molecular weight is 467 g/mol. The van der Waals surface area contributed by atoms with Gasteiger partial charge in [-0.1, -0.05) is 48.8 Å². The van der Waals surface area contributed by atoms with Crippen LogP contribution in [0.2, 0.25) is 5.02 Å². The standard InChI is InChI=1S/C25H20ClFN2O4/c1-13(2)24-21(23(28-33-24)20-14(3)7-9-17(27)22(20)26)25(32)29-12-11-16-15(8-10-19(30)31)5-4-6-18(16)29/h4-13H,1-3H3,(H,30,31)/b10-8+. The Bertz CT molecular complexity index is 1430. The molecule has 0 saturated carbocycles. The molecule has 0 saturated heterocycles. The highest BCUT2D eigenvalue weighted by molar-refractivity contribution is 6.34. The van der Waals surface area contributed by atoms with Crippen molar-refractivity contribution in [1.29, 1.82) is 0 Å². The van der Waals surface area contributed by atoms with Gasteiger partial charge in [-0.05, 0) is 42.3 Å². The summed E-state index contributed by atoms with van der Waals surface area (Å²) >= 11 is 6.27. The maximum Gasteiger partial charge on any atom is 0.328 e. The molecule has 4 rings (SSSR count). The fourth-order valence-electron chi connectivity index (χ4n) is 3.81. The Morgan fingerprint density at radius 2 is 1.97 bits per heavy atom. The molecule has 0 atom stereocenters. The van der Waals surface area contributed by atoms with Crippen LogP contribution in [0, 0.1) is 12.7 Å². The summed E-state index contributed by atoms with van der Waals surface area (Å²) in [5.41, 5.74) is 2.56. The summed E-state index contributed by atoms with van der Waals surface area (Å²) in [4.78, 5) is 24.7. The molecule has 0 radical (unpaired) electrons. The van der Waals surface area contributed by atoms with Crippen molar-refractivity contribution in [2.45, 2.75) is 26.7 Å². The van der Waals surface area contributed by atoms with E-state index in [1.54, 1.807) is 43.5 Å². The van der Waals surface area contributed by atoms with Gasteiger partial charge >= 0.3 is 5.97 Å². The van der Waals surface area contributed by atoms with Crippen LogP contribution in [-0.4, -0.2) is 26.7 Å². The van der Waals surface area contributed by atoms with Gasteiger partial charge in [0.25, 0.3) is 5.91 Å². The zero-order valence-corrected chi connectivity index (χ0v) is 18.9. The molecule has 0 aliphatic heterocycles. The number of carbonyl (C=O) groups is 2. The normalized spacial score (nSPS) is 11.7. The first-order chi connectivity index (χ1) is 15.7. The lowest BCUT2D eigenvalue weighted by Crippen LogP contribution is -2.14. The molecule has 0 aliphatic carbocycles. The molecule has 4 aromatic rings. The van der Waals surface area contributed by atoms with Gasteiger partial charge in [0.1, 0.15) is 17.1 Å². The zero-order valence-electron chi connectivity index (χ0n) is 18.1. The van der Waals surface area contributed by atoms with E-state index in [4.69, 9.17) is 21.2 Å². The Hall–Kier alpha value is -3.71. The lowest BCUT2D eigenvalue weighted by molar-refractivity contribution is -0.131. The lowest BCUT2D eigenvalue weighted by atomic mass is 9.97. The van der Waals surface area contributed by atoms with Gasteiger partial charge in [0, 0.05) is 29.1 Å². The predicted molar refractivity (Wildman–Crippen MR) is 124 cm³/mol. The summed E-state index contributed by atoms with van der Waals surface area (Å²) in [6.07, 6.45) is 4.11. The number of nitrogens with zero attached hydrogens (tertiary/aromatic N) is 2. The number of aromatic nitrogens is 2. The number of hydrogen-bond donors (Lipinski definition) is 1. The fourth-order valence-corrected chi connectivity index (χ4v) is 4.11. The van der Waals surface area contributed by atoms with Gasteiger partial charge in [-0.2, -0.15) is 0 Å². The molecule has 2 heterocycles. The van der Waals surface area contributed by atoms with Crippen molar-refractivity contribution in [1.82, 2.24) is 9.72 Å². The highest BCUT2D eigenvalue weighted by atomic mass is 35.5. The van der Waals surface area contributed by atoms with Crippen LogP contribution < -0.4 is 0 Å². The van der Waals surface area contributed by atoms with Gasteiger partial charge in [-0.15, -0.1) is 0 Å². The van der Waals surface area contributed by atoms with E-state index in [1.807, 2.05) is 13.8 Å². The zero-order chi connectivity index (χ0) is 23.9. The number of aryl methyl sites for hydroxylation is 1. The topological polar surface area (TPSA) is 85.3 Å². The summed E-state index contributed by atoms with van der Waals surface area (Å²) in [6.45, 7) is 5.48. The summed E-state index contributed by atoms with van der Waals surface area (Å²) in [5, 5.41) is 13.6. The second-order valence-corrected chi connectivity index (χ2v) is 8.30. The van der Waals surface area contributed by atoms with E-state index in [0.717, 1.165) is 6.08 Å². The Morgan fingerprint density at radius 1 is 1.21 bits per heavy atom. The monoisotopic (exact) mass is 466 g/mol. The van der Waals surface area contributed by atoms with E-state index >= 15 is 0 Å². The second kappa shape index (κ2) is 8.67. The highest BCUT2D eigenvalue weighted by Crippen LogP contribution is 2.38. The summed E-state index contributed by atoms with van der Waals surface area (Å²) in [7, 11) is 0. The van der Waals surface area contributed by atoms with Gasteiger partial charge < -0.3 is 9.63 Å². The Labute approximate surface area is 193 Å². The summed E-state index contributed by atoms with van der Waals surface area (Å²) < 4.78 is 21.3. The van der Waals surface area contributed by atoms with Crippen LogP contribution in [0.15, 0.2) is 53.2 Å². The van der Waals surface area contributed by atoms with E-state index in [2.05, 4.69) is 5.16 Å². The minimum absolute atomic E-state index is 0.133. The van der Waals surface area contributed by atoms with Gasteiger partial charge in [0.15, 0.2) is 5.76 Å². The molecular weight excluding hydrogens is 447 g/mol. The van der Waals surface area contributed by atoms with Crippen LogP contribution in [0.3, 0.4) is 0 Å². The van der Waals surface area contributed by atoms with E-state index in [9.17, 15) is 14.0 Å². The molecule has 0 fully saturated rings. The van der Waals surface area contributed by atoms with Gasteiger partial charge in [0.2, 0.25) is 0 Å². The van der Waals surface area contributed by atoms with Crippen LogP contribution in [0.5, 0.6) is 0 Å². The minimum Gasteiger partial charge on any atom is -0.478 e. The van der Waals surface area contributed by atoms with Gasteiger partial charge in [-0.3, -0.25) is 9.36 Å². The molecule has 168 valence electrons. The van der Waals surface area contributed by atoms with Crippen molar-refractivity contribution in [3.63, 3.8) is 0 Å². The average Bonchev–Trinajstić information content (AvgIpc) is 3.40. The van der Waals surface area contributed by atoms with E-state index < -0.39 is 17.7 Å². The molecule has 0 amide bonds. The molecule has 0 aliphatic rings. The third-order valence-electron chi connectivity index (χ3n) is 5.39. The first-order valence-electron chi connectivity index (χ1n) is 10.2. The largest absolute Gasteiger partial charge is 0.478 e. The highest BCUT2D eigenvalue weighted by Gasteiger charge is 2.30. The maximum absolute atomic E-state index is 14.3. The van der Waals surface area contributed by atoms with Crippen molar-refractivity contribution in [3.8, 4) is 11.3 Å². The van der Waals surface area contributed by atoms with Crippen molar-refractivity contribution in [2.75, 3.05) is 0 Å². The van der Waals surface area contributed by atoms with Crippen LogP contribution >= 0.6 is 11.6 Å². The number of hydrogen-bond acceptors (Lipinski definition) is 4. The summed E-state index contributed by atoms with van der Waals surface area (Å²) in [5.74, 6) is -1.91. The van der Waals surface area contributed by atoms with Crippen molar-refractivity contribution >= 4 is 40.5 Å². The molecule has 2 aromatic heterocycles. The van der Waals surface area contributed by atoms with Crippen LogP contribution in [-0.2, 0) is 4.79 Å². The first-order valence-corrected chi connectivity index (χ1v) is 10.6. The van der Waals surface area contributed by atoms with Crippen molar-refractivity contribution in [2.24, 2.45) is 0 Å². The quantitative estimate of drug-likeness (QED) is 0.348. The maximum atomic E-state index is 14.3. The van der Waals surface area contributed by atoms with Crippen LogP contribution in [0.25, 0.3) is 28.2 Å². The smallest absolute Gasteiger partial charge is 0.328 e. The van der Waals surface area contributed by atoms with E-state index in [1.165, 1.54) is 16.7 Å². The van der Waals surface area contributed by atoms with Gasteiger partial charge in [-0.25, -0.2) is 9.18 Å². The SMILES string of the molecule is Cc1ccc(F)c(Cl)c1-c1noc(C(C)C)c1C(=O)n1ccc2c(/C=C/C(=O)O)cccc21. The predicted octanol–water partition coefficient (Wildman–Crippen LogP) is 6.31. The third-order valence-corrected chi connectivity index (χ3v) is 5.76. The summed E-state index contributed by atoms with van der Waals surface area (Å²) in [6, 6.07) is 9.82.